The van der Waals surface area contributed by atoms with Gasteiger partial charge in [0.15, 0.2) is 0 Å². The van der Waals surface area contributed by atoms with E-state index in [9.17, 15) is 18.0 Å². The Balaban J connectivity index is 2.07. The molecule has 0 radical (unpaired) electrons. The van der Waals surface area contributed by atoms with Gasteiger partial charge in [0.05, 0.1) is 11.9 Å². The minimum atomic E-state index is -3.80. The Morgan fingerprint density at radius 1 is 0.897 bits per heavy atom. The molecule has 0 spiro atoms. The number of aryl methyl sites for hydroxylation is 1. The molecule has 3 aromatic carbocycles. The van der Waals surface area contributed by atoms with Crippen LogP contribution in [-0.4, -0.2) is 50.0 Å². The van der Waals surface area contributed by atoms with Crippen molar-refractivity contribution in [3.8, 4) is 0 Å². The first-order chi connectivity index (χ1) is 18.5. The van der Waals surface area contributed by atoms with E-state index in [0.29, 0.717) is 12.1 Å². The normalized spacial score (nSPS) is 12.2. The monoisotopic (exact) mass is 613 g/mol. The van der Waals surface area contributed by atoms with Gasteiger partial charge in [0.2, 0.25) is 21.8 Å². The zero-order valence-corrected chi connectivity index (χ0v) is 25.2. The summed E-state index contributed by atoms with van der Waals surface area (Å²) in [7, 11) is -3.80. The number of carbonyl (C=O) groups is 2. The Morgan fingerprint density at radius 3 is 2.10 bits per heavy atom. The molecule has 0 unspecified atom stereocenters. The Morgan fingerprint density at radius 2 is 1.51 bits per heavy atom. The Hall–Kier alpha value is -3.17. The lowest BCUT2D eigenvalue weighted by Gasteiger charge is -2.34. The number of hydrogen-bond donors (Lipinski definition) is 1. The Bertz CT molecular complexity index is 1360. The van der Waals surface area contributed by atoms with Gasteiger partial charge in [-0.15, -0.1) is 0 Å². The van der Waals surface area contributed by atoms with Crippen LogP contribution in [0.15, 0.2) is 83.3 Å². The van der Waals surface area contributed by atoms with E-state index in [0.717, 1.165) is 31.7 Å². The number of rotatable bonds is 12. The lowest BCUT2D eigenvalue weighted by atomic mass is 10.0. The van der Waals surface area contributed by atoms with Gasteiger partial charge in [0.25, 0.3) is 0 Å². The first-order valence-corrected chi connectivity index (χ1v) is 15.6. The van der Waals surface area contributed by atoms with E-state index in [2.05, 4.69) is 21.2 Å². The number of benzene rings is 3. The maximum atomic E-state index is 14.1. The number of sulfonamides is 1. The third-order valence-electron chi connectivity index (χ3n) is 6.29. The van der Waals surface area contributed by atoms with Crippen molar-refractivity contribution in [2.45, 2.75) is 52.2 Å². The van der Waals surface area contributed by atoms with Crippen LogP contribution < -0.4 is 9.62 Å². The number of carbonyl (C=O) groups excluding carboxylic acids is 2. The quantitative estimate of drug-likeness (QED) is 0.313. The van der Waals surface area contributed by atoms with Crippen LogP contribution in [0, 0.1) is 0 Å². The summed E-state index contributed by atoms with van der Waals surface area (Å²) in [5, 5.41) is 2.95. The molecule has 39 heavy (non-hydrogen) atoms. The second kappa shape index (κ2) is 13.8. The van der Waals surface area contributed by atoms with Crippen molar-refractivity contribution < 1.29 is 18.0 Å². The zero-order valence-electron chi connectivity index (χ0n) is 22.8. The molecule has 1 atom stereocenters. The molecule has 0 heterocycles. The molecule has 3 aromatic rings. The maximum Gasteiger partial charge on any atom is 0.244 e. The molecule has 0 aliphatic rings. The SMILES string of the molecule is CCc1ccccc1N(CC(=O)N(Cc1ccc(Br)cc1)[C@@H](Cc1ccccc1)C(=O)NC(C)C)S(C)(=O)=O. The first-order valence-electron chi connectivity index (χ1n) is 12.9. The molecule has 0 saturated heterocycles. The lowest BCUT2D eigenvalue weighted by Crippen LogP contribution is -2.54. The van der Waals surface area contributed by atoms with Crippen molar-refractivity contribution in [1.29, 1.82) is 0 Å². The molecule has 9 heteroatoms. The average Bonchev–Trinajstić information content (AvgIpc) is 2.89. The molecule has 0 bridgehead atoms. The molecule has 0 saturated carbocycles. The van der Waals surface area contributed by atoms with Gasteiger partial charge in [0, 0.05) is 23.5 Å². The summed E-state index contributed by atoms with van der Waals surface area (Å²) in [5.41, 5.74) is 2.99. The van der Waals surface area contributed by atoms with Crippen LogP contribution in [0.1, 0.15) is 37.5 Å². The molecule has 7 nitrogen and oxygen atoms in total. The number of amides is 2. The topological polar surface area (TPSA) is 86.8 Å². The third-order valence-corrected chi connectivity index (χ3v) is 7.94. The highest BCUT2D eigenvalue weighted by Gasteiger charge is 2.33. The molecule has 0 aliphatic carbocycles. The van der Waals surface area contributed by atoms with Crippen molar-refractivity contribution in [3.63, 3.8) is 0 Å². The van der Waals surface area contributed by atoms with Crippen LogP contribution in [0.2, 0.25) is 0 Å². The molecule has 1 N–H and O–H groups in total. The van der Waals surface area contributed by atoms with Gasteiger partial charge in [-0.2, -0.15) is 0 Å². The minimum Gasteiger partial charge on any atom is -0.352 e. The molecule has 3 rings (SSSR count). The Kier molecular flexibility index (Phi) is 10.7. The first kappa shape index (κ1) is 30.4. The molecule has 0 fully saturated rings. The lowest BCUT2D eigenvalue weighted by molar-refractivity contribution is -0.140. The maximum absolute atomic E-state index is 14.1. The van der Waals surface area contributed by atoms with E-state index in [1.165, 1.54) is 4.90 Å². The highest BCUT2D eigenvalue weighted by molar-refractivity contribution is 9.10. The predicted molar refractivity (Wildman–Crippen MR) is 160 cm³/mol. The van der Waals surface area contributed by atoms with Gasteiger partial charge in [0.1, 0.15) is 12.6 Å². The fraction of sp³-hybridized carbons (Fsp3) is 0.333. The summed E-state index contributed by atoms with van der Waals surface area (Å²) in [6.45, 7) is 5.39. The number of nitrogens with zero attached hydrogens (tertiary/aromatic N) is 2. The standard InChI is InChI=1S/C30H36BrN3O4S/c1-5-25-13-9-10-14-27(25)34(39(4,37)38)21-29(35)33(20-24-15-17-26(31)18-16-24)28(30(36)32-22(2)3)19-23-11-7-6-8-12-23/h6-18,22,28H,5,19-21H2,1-4H3,(H,32,36)/t28-/m0/s1. The molecule has 2 amide bonds. The summed E-state index contributed by atoms with van der Waals surface area (Å²) in [4.78, 5) is 29.2. The molecule has 208 valence electrons. The molecular weight excluding hydrogens is 578 g/mol. The summed E-state index contributed by atoms with van der Waals surface area (Å²) < 4.78 is 28.0. The number of anilines is 1. The van der Waals surface area contributed by atoms with Gasteiger partial charge >= 0.3 is 0 Å². The number of halogens is 1. The highest BCUT2D eigenvalue weighted by Crippen LogP contribution is 2.25. The fourth-order valence-corrected chi connectivity index (χ4v) is 5.51. The van der Waals surface area contributed by atoms with E-state index in [4.69, 9.17) is 0 Å². The van der Waals surface area contributed by atoms with Gasteiger partial charge < -0.3 is 10.2 Å². The second-order valence-corrected chi connectivity index (χ2v) is 12.6. The van der Waals surface area contributed by atoms with Gasteiger partial charge in [-0.1, -0.05) is 83.5 Å². The van der Waals surface area contributed by atoms with E-state index < -0.39 is 28.5 Å². The van der Waals surface area contributed by atoms with Crippen LogP contribution in [-0.2, 0) is 39.0 Å². The second-order valence-electron chi connectivity index (χ2n) is 9.77. The fourth-order valence-electron chi connectivity index (χ4n) is 4.37. The van der Waals surface area contributed by atoms with Crippen LogP contribution in [0.3, 0.4) is 0 Å². The summed E-state index contributed by atoms with van der Waals surface area (Å²) in [6.07, 6.45) is 1.98. The van der Waals surface area contributed by atoms with Crippen molar-refractivity contribution in [2.75, 3.05) is 17.1 Å². The third kappa shape index (κ3) is 8.66. The van der Waals surface area contributed by atoms with Crippen LogP contribution >= 0.6 is 15.9 Å². The van der Waals surface area contributed by atoms with Crippen molar-refractivity contribution >= 4 is 43.5 Å². The zero-order chi connectivity index (χ0) is 28.6. The van der Waals surface area contributed by atoms with Gasteiger partial charge in [-0.05, 0) is 55.2 Å². The van der Waals surface area contributed by atoms with Crippen molar-refractivity contribution in [1.82, 2.24) is 10.2 Å². The van der Waals surface area contributed by atoms with Crippen LogP contribution in [0.5, 0.6) is 0 Å². The predicted octanol–water partition coefficient (Wildman–Crippen LogP) is 4.94. The largest absolute Gasteiger partial charge is 0.352 e. The molecular formula is C30H36BrN3O4S. The van der Waals surface area contributed by atoms with E-state index >= 15 is 0 Å². The van der Waals surface area contributed by atoms with Crippen molar-refractivity contribution in [2.24, 2.45) is 0 Å². The minimum absolute atomic E-state index is 0.135. The van der Waals surface area contributed by atoms with Crippen molar-refractivity contribution in [3.05, 3.63) is 100 Å². The smallest absolute Gasteiger partial charge is 0.244 e. The van der Waals surface area contributed by atoms with E-state index in [1.807, 2.05) is 87.5 Å². The Labute approximate surface area is 240 Å². The van der Waals surface area contributed by atoms with Gasteiger partial charge in [-0.3, -0.25) is 13.9 Å². The van der Waals surface area contributed by atoms with Gasteiger partial charge in [-0.25, -0.2) is 8.42 Å². The summed E-state index contributed by atoms with van der Waals surface area (Å²) in [6, 6.07) is 23.2. The van der Waals surface area contributed by atoms with E-state index in [1.54, 1.807) is 12.1 Å². The molecule has 0 aromatic heterocycles. The number of para-hydroxylation sites is 1. The number of nitrogens with one attached hydrogen (secondary N) is 1. The average molecular weight is 615 g/mol. The van der Waals surface area contributed by atoms with E-state index in [-0.39, 0.29) is 24.9 Å². The van der Waals surface area contributed by atoms with Crippen LogP contribution in [0.25, 0.3) is 0 Å². The summed E-state index contributed by atoms with van der Waals surface area (Å²) >= 11 is 3.44. The summed E-state index contributed by atoms with van der Waals surface area (Å²) in [5.74, 6) is -0.756. The van der Waals surface area contributed by atoms with Crippen LogP contribution in [0.4, 0.5) is 5.69 Å². The highest BCUT2D eigenvalue weighted by atomic mass is 79.9. The molecule has 0 aliphatic heterocycles. The number of hydrogen-bond acceptors (Lipinski definition) is 4.